The van der Waals surface area contributed by atoms with Crippen molar-refractivity contribution in [2.24, 2.45) is 5.92 Å². The summed E-state index contributed by atoms with van der Waals surface area (Å²) >= 11 is 0. The lowest BCUT2D eigenvalue weighted by Crippen LogP contribution is -2.29. The number of anilines is 1. The Morgan fingerprint density at radius 3 is 2.95 bits per heavy atom. The number of carbonyl (C=O) groups excluding carboxylic acids is 1. The Labute approximate surface area is 116 Å². The number of nitrogens with zero attached hydrogens (tertiary/aromatic N) is 2. The molecule has 1 aliphatic heterocycles. The largest absolute Gasteiger partial charge is 0.393 e. The molecule has 0 aromatic heterocycles. The van der Waals surface area contributed by atoms with Gasteiger partial charge in [-0.1, -0.05) is 0 Å². The average Bonchev–Trinajstić information content (AvgIpc) is 2.86. The fourth-order valence-corrected chi connectivity index (χ4v) is 2.43. The van der Waals surface area contributed by atoms with Crippen molar-refractivity contribution in [2.75, 3.05) is 32.5 Å². The molecule has 2 rings (SSSR count). The van der Waals surface area contributed by atoms with Crippen molar-refractivity contribution < 1.29 is 14.5 Å². The molecule has 1 fully saturated rings. The van der Waals surface area contributed by atoms with Crippen LogP contribution in [0.25, 0.3) is 0 Å². The minimum Gasteiger partial charge on any atom is -0.393 e. The zero-order chi connectivity index (χ0) is 14.7. The minimum atomic E-state index is -0.561. The van der Waals surface area contributed by atoms with Crippen LogP contribution in [0.5, 0.6) is 0 Å². The summed E-state index contributed by atoms with van der Waals surface area (Å²) in [6.45, 7) is 1.94. The maximum Gasteiger partial charge on any atom is 0.292 e. The normalized spacial score (nSPS) is 18.2. The first-order valence-electron chi connectivity index (χ1n) is 6.35. The summed E-state index contributed by atoms with van der Waals surface area (Å²) < 4.78 is 5.09. The number of hydrogen-bond acceptors (Lipinski definition) is 5. The number of nitro groups is 1. The number of amides is 1. The van der Waals surface area contributed by atoms with Crippen LogP contribution in [0.3, 0.4) is 0 Å². The third-order valence-electron chi connectivity index (χ3n) is 3.45. The molecule has 0 spiro atoms. The van der Waals surface area contributed by atoms with E-state index in [-0.39, 0.29) is 17.3 Å². The zero-order valence-corrected chi connectivity index (χ0v) is 11.2. The second-order valence-electron chi connectivity index (χ2n) is 4.89. The van der Waals surface area contributed by atoms with E-state index in [4.69, 9.17) is 10.5 Å². The molecule has 0 aliphatic carbocycles. The number of benzene rings is 1. The lowest BCUT2D eigenvalue weighted by Gasteiger charge is -2.16. The van der Waals surface area contributed by atoms with E-state index in [2.05, 4.69) is 0 Å². The zero-order valence-electron chi connectivity index (χ0n) is 11.2. The number of nitrogens with two attached hydrogens (primary N) is 1. The quantitative estimate of drug-likeness (QED) is 0.508. The van der Waals surface area contributed by atoms with Crippen LogP contribution in [0.1, 0.15) is 16.8 Å². The Balaban J connectivity index is 2.10. The van der Waals surface area contributed by atoms with E-state index in [0.717, 1.165) is 6.42 Å². The highest BCUT2D eigenvalue weighted by molar-refractivity contribution is 5.95. The van der Waals surface area contributed by atoms with Crippen molar-refractivity contribution in [1.29, 1.82) is 0 Å². The molecule has 1 atom stereocenters. The van der Waals surface area contributed by atoms with Crippen molar-refractivity contribution in [1.82, 2.24) is 4.90 Å². The predicted molar refractivity (Wildman–Crippen MR) is 73.4 cm³/mol. The number of hydrogen-bond donors (Lipinski definition) is 1. The number of methoxy groups -OCH3 is 1. The van der Waals surface area contributed by atoms with Crippen LogP contribution in [-0.4, -0.2) is 42.5 Å². The van der Waals surface area contributed by atoms with E-state index >= 15 is 0 Å². The standard InChI is InChI=1S/C13H17N3O4/c1-20-8-9-4-5-15(7-9)13(17)10-2-3-12(16(18)19)11(14)6-10/h2-3,6,9H,4-5,7-8,14H2,1H3. The van der Waals surface area contributed by atoms with Gasteiger partial charge in [-0.15, -0.1) is 0 Å². The average molecular weight is 279 g/mol. The molecule has 1 aromatic carbocycles. The minimum absolute atomic E-state index is 0.00786. The molecule has 1 heterocycles. The number of likely N-dealkylation sites (tertiary alicyclic amines) is 1. The molecular weight excluding hydrogens is 262 g/mol. The van der Waals surface area contributed by atoms with Crippen molar-refractivity contribution in [3.63, 3.8) is 0 Å². The van der Waals surface area contributed by atoms with Gasteiger partial charge in [0.25, 0.3) is 11.6 Å². The van der Waals surface area contributed by atoms with Gasteiger partial charge in [-0.3, -0.25) is 14.9 Å². The summed E-state index contributed by atoms with van der Waals surface area (Å²) in [5.74, 6) is 0.199. The van der Waals surface area contributed by atoms with Crippen molar-refractivity contribution in [2.45, 2.75) is 6.42 Å². The maximum atomic E-state index is 12.3. The molecule has 0 saturated carbocycles. The van der Waals surface area contributed by atoms with Gasteiger partial charge in [0.05, 0.1) is 11.5 Å². The molecule has 1 amide bonds. The first kappa shape index (κ1) is 14.3. The van der Waals surface area contributed by atoms with Gasteiger partial charge in [-0.2, -0.15) is 0 Å². The van der Waals surface area contributed by atoms with Gasteiger partial charge in [-0.25, -0.2) is 0 Å². The highest BCUT2D eigenvalue weighted by atomic mass is 16.6. The SMILES string of the molecule is COCC1CCN(C(=O)c2ccc([N+](=O)[O-])c(N)c2)C1. The molecule has 20 heavy (non-hydrogen) atoms. The van der Waals surface area contributed by atoms with E-state index in [1.54, 1.807) is 12.0 Å². The molecule has 2 N–H and O–H groups in total. The van der Waals surface area contributed by atoms with E-state index < -0.39 is 4.92 Å². The summed E-state index contributed by atoms with van der Waals surface area (Å²) in [6.07, 6.45) is 0.905. The predicted octanol–water partition coefficient (Wildman–Crippen LogP) is 1.29. The van der Waals surface area contributed by atoms with E-state index in [9.17, 15) is 14.9 Å². The van der Waals surface area contributed by atoms with E-state index in [1.165, 1.54) is 18.2 Å². The molecule has 0 radical (unpaired) electrons. The van der Waals surface area contributed by atoms with Gasteiger partial charge in [-0.05, 0) is 18.6 Å². The second kappa shape index (κ2) is 5.87. The second-order valence-corrected chi connectivity index (χ2v) is 4.89. The third-order valence-corrected chi connectivity index (χ3v) is 3.45. The number of nitrogen functional groups attached to an aromatic ring is 1. The molecule has 108 valence electrons. The van der Waals surface area contributed by atoms with Gasteiger partial charge < -0.3 is 15.4 Å². The van der Waals surface area contributed by atoms with Crippen molar-refractivity contribution in [3.05, 3.63) is 33.9 Å². The number of ether oxygens (including phenoxy) is 1. The van der Waals surface area contributed by atoms with Crippen LogP contribution < -0.4 is 5.73 Å². The summed E-state index contributed by atoms with van der Waals surface area (Å²) in [4.78, 5) is 24.1. The Morgan fingerprint density at radius 1 is 1.60 bits per heavy atom. The Morgan fingerprint density at radius 2 is 2.35 bits per heavy atom. The van der Waals surface area contributed by atoms with Crippen LogP contribution in [0.2, 0.25) is 0 Å². The summed E-state index contributed by atoms with van der Waals surface area (Å²) in [5, 5.41) is 10.7. The third kappa shape index (κ3) is 2.88. The molecule has 1 unspecified atom stereocenters. The van der Waals surface area contributed by atoms with Crippen LogP contribution >= 0.6 is 0 Å². The fourth-order valence-electron chi connectivity index (χ4n) is 2.43. The molecule has 1 aliphatic rings. The number of rotatable bonds is 4. The van der Waals surface area contributed by atoms with Gasteiger partial charge in [0.2, 0.25) is 0 Å². The highest BCUT2D eigenvalue weighted by Gasteiger charge is 2.27. The Bertz CT molecular complexity index is 532. The molecular formula is C13H17N3O4. The molecule has 7 heteroatoms. The first-order chi connectivity index (χ1) is 9.52. The Hall–Kier alpha value is -2.15. The van der Waals surface area contributed by atoms with Gasteiger partial charge in [0.1, 0.15) is 5.69 Å². The van der Waals surface area contributed by atoms with Gasteiger partial charge >= 0.3 is 0 Å². The van der Waals surface area contributed by atoms with Crippen LogP contribution in [0.15, 0.2) is 18.2 Å². The Kier molecular flexibility index (Phi) is 4.19. The molecule has 7 nitrogen and oxygen atoms in total. The summed E-state index contributed by atoms with van der Waals surface area (Å²) in [7, 11) is 1.64. The number of nitro benzene ring substituents is 1. The van der Waals surface area contributed by atoms with E-state index in [1.807, 2.05) is 0 Å². The molecule has 1 saturated heterocycles. The summed E-state index contributed by atoms with van der Waals surface area (Å²) in [6, 6.07) is 4.08. The molecule has 1 aromatic rings. The van der Waals surface area contributed by atoms with Crippen LogP contribution in [-0.2, 0) is 4.74 Å². The first-order valence-corrected chi connectivity index (χ1v) is 6.35. The monoisotopic (exact) mass is 279 g/mol. The van der Waals surface area contributed by atoms with Crippen LogP contribution in [0.4, 0.5) is 11.4 Å². The van der Waals surface area contributed by atoms with Crippen LogP contribution in [0, 0.1) is 16.0 Å². The van der Waals surface area contributed by atoms with Gasteiger partial charge in [0, 0.05) is 37.7 Å². The topological polar surface area (TPSA) is 98.7 Å². The lowest BCUT2D eigenvalue weighted by atomic mass is 10.1. The van der Waals surface area contributed by atoms with Gasteiger partial charge in [0.15, 0.2) is 0 Å². The highest BCUT2D eigenvalue weighted by Crippen LogP contribution is 2.24. The molecule has 0 bridgehead atoms. The fraction of sp³-hybridized carbons (Fsp3) is 0.462. The summed E-state index contributed by atoms with van der Waals surface area (Å²) in [5.41, 5.74) is 5.81. The van der Waals surface area contributed by atoms with Crippen molar-refractivity contribution >= 4 is 17.3 Å². The van der Waals surface area contributed by atoms with E-state index in [0.29, 0.717) is 31.2 Å². The van der Waals surface area contributed by atoms with Crippen molar-refractivity contribution in [3.8, 4) is 0 Å². The smallest absolute Gasteiger partial charge is 0.292 e. The number of carbonyl (C=O) groups is 1. The maximum absolute atomic E-state index is 12.3. The lowest BCUT2D eigenvalue weighted by molar-refractivity contribution is -0.383.